The van der Waals surface area contributed by atoms with Gasteiger partial charge in [-0.05, 0) is 13.8 Å². The number of anilines is 1. The van der Waals surface area contributed by atoms with E-state index in [1.165, 1.54) is 0 Å². The van der Waals surface area contributed by atoms with Crippen LogP contribution in [0.4, 0.5) is 5.69 Å². The molecule has 0 aromatic carbocycles. The number of thiazole rings is 1. The van der Waals surface area contributed by atoms with Gasteiger partial charge in [0.25, 0.3) is 0 Å². The molecule has 0 saturated heterocycles. The lowest BCUT2D eigenvalue weighted by molar-refractivity contribution is 0.660. The Kier molecular flexibility index (Phi) is 3.01. The highest BCUT2D eigenvalue weighted by atomic mass is 32.1. The molecule has 0 atom stereocenters. The van der Waals surface area contributed by atoms with Crippen LogP contribution in [0.1, 0.15) is 17.6 Å². The predicted molar refractivity (Wildman–Crippen MR) is 62.1 cm³/mol. The first-order valence-electron chi connectivity index (χ1n) is 4.95. The van der Waals surface area contributed by atoms with Gasteiger partial charge in [-0.15, -0.1) is 11.3 Å². The zero-order chi connectivity index (χ0) is 10.7. The van der Waals surface area contributed by atoms with Crippen LogP contribution in [0, 0.1) is 6.92 Å². The molecule has 0 spiro atoms. The molecule has 15 heavy (non-hydrogen) atoms. The lowest BCUT2D eigenvalue weighted by Gasteiger charge is -1.99. The quantitative estimate of drug-likeness (QED) is 0.863. The molecule has 0 unspecified atom stereocenters. The summed E-state index contributed by atoms with van der Waals surface area (Å²) in [4.78, 5) is 4.38. The molecular weight excluding hydrogens is 208 g/mol. The molecule has 1 N–H and O–H groups in total. The minimum absolute atomic E-state index is 0.764. The molecule has 2 heterocycles. The van der Waals surface area contributed by atoms with Crippen molar-refractivity contribution in [1.82, 2.24) is 14.8 Å². The summed E-state index contributed by atoms with van der Waals surface area (Å²) in [7, 11) is 0. The van der Waals surface area contributed by atoms with E-state index in [1.807, 2.05) is 24.0 Å². The fourth-order valence-electron chi connectivity index (χ4n) is 1.31. The van der Waals surface area contributed by atoms with E-state index in [1.54, 1.807) is 11.3 Å². The Morgan fingerprint density at radius 1 is 1.53 bits per heavy atom. The number of hydrogen-bond donors (Lipinski definition) is 1. The van der Waals surface area contributed by atoms with Gasteiger partial charge in [0.1, 0.15) is 0 Å². The van der Waals surface area contributed by atoms with Gasteiger partial charge in [0.05, 0.1) is 29.1 Å². The van der Waals surface area contributed by atoms with Crippen molar-refractivity contribution < 1.29 is 0 Å². The van der Waals surface area contributed by atoms with E-state index >= 15 is 0 Å². The third-order valence-electron chi connectivity index (χ3n) is 2.10. The molecule has 4 nitrogen and oxygen atoms in total. The number of rotatable bonds is 4. The monoisotopic (exact) mass is 222 g/mol. The van der Waals surface area contributed by atoms with Crippen molar-refractivity contribution in [2.75, 3.05) is 5.32 Å². The molecule has 0 fully saturated rings. The van der Waals surface area contributed by atoms with E-state index in [4.69, 9.17) is 0 Å². The summed E-state index contributed by atoms with van der Waals surface area (Å²) in [6, 6.07) is 0. The number of aromatic nitrogens is 3. The fraction of sp³-hybridized carbons (Fsp3) is 0.400. The molecule has 0 amide bonds. The number of aryl methyl sites for hydroxylation is 2. The van der Waals surface area contributed by atoms with Gasteiger partial charge in [0, 0.05) is 18.1 Å². The van der Waals surface area contributed by atoms with E-state index in [2.05, 4.69) is 27.7 Å². The smallest absolute Gasteiger partial charge is 0.0898 e. The summed E-state index contributed by atoms with van der Waals surface area (Å²) in [6.07, 6.45) is 3.84. The van der Waals surface area contributed by atoms with Gasteiger partial charge in [-0.1, -0.05) is 0 Å². The first kappa shape index (κ1) is 10.2. The summed E-state index contributed by atoms with van der Waals surface area (Å²) in [5.41, 5.74) is 2.13. The van der Waals surface area contributed by atoms with Gasteiger partial charge in [0.2, 0.25) is 0 Å². The van der Waals surface area contributed by atoms with Gasteiger partial charge in [-0.3, -0.25) is 4.68 Å². The molecule has 2 aromatic heterocycles. The van der Waals surface area contributed by atoms with Crippen molar-refractivity contribution in [1.29, 1.82) is 0 Å². The second-order valence-electron chi connectivity index (χ2n) is 3.30. The van der Waals surface area contributed by atoms with E-state index in [-0.39, 0.29) is 0 Å². The number of nitrogens with one attached hydrogen (secondary N) is 1. The van der Waals surface area contributed by atoms with Gasteiger partial charge in [-0.25, -0.2) is 4.98 Å². The van der Waals surface area contributed by atoms with E-state index in [9.17, 15) is 0 Å². The summed E-state index contributed by atoms with van der Waals surface area (Å²) in [5, 5.41) is 10.7. The highest BCUT2D eigenvalue weighted by Gasteiger charge is 1.99. The minimum atomic E-state index is 0.764. The highest BCUT2D eigenvalue weighted by molar-refractivity contribution is 7.09. The first-order valence-corrected chi connectivity index (χ1v) is 5.83. The lowest BCUT2D eigenvalue weighted by Crippen LogP contribution is -1.99. The van der Waals surface area contributed by atoms with Crippen LogP contribution in [0.15, 0.2) is 17.8 Å². The van der Waals surface area contributed by atoms with Crippen molar-refractivity contribution in [3.8, 4) is 0 Å². The van der Waals surface area contributed by atoms with Crippen molar-refractivity contribution in [2.24, 2.45) is 0 Å². The van der Waals surface area contributed by atoms with Gasteiger partial charge < -0.3 is 5.32 Å². The van der Waals surface area contributed by atoms with Gasteiger partial charge >= 0.3 is 0 Å². The zero-order valence-corrected chi connectivity index (χ0v) is 9.71. The summed E-state index contributed by atoms with van der Waals surface area (Å²) in [5.74, 6) is 0. The summed E-state index contributed by atoms with van der Waals surface area (Å²) >= 11 is 1.68. The zero-order valence-electron chi connectivity index (χ0n) is 8.90. The average Bonchev–Trinajstić information content (AvgIpc) is 2.83. The van der Waals surface area contributed by atoms with E-state index in [0.717, 1.165) is 29.5 Å². The van der Waals surface area contributed by atoms with Crippen LogP contribution in [0.3, 0.4) is 0 Å². The number of hydrogen-bond acceptors (Lipinski definition) is 4. The second kappa shape index (κ2) is 4.44. The maximum Gasteiger partial charge on any atom is 0.0898 e. The molecule has 5 heteroatoms. The largest absolute Gasteiger partial charge is 0.377 e. The van der Waals surface area contributed by atoms with Crippen molar-refractivity contribution in [3.63, 3.8) is 0 Å². The van der Waals surface area contributed by atoms with Gasteiger partial charge in [-0.2, -0.15) is 5.10 Å². The minimum Gasteiger partial charge on any atom is -0.377 e. The third kappa shape index (κ3) is 2.56. The van der Waals surface area contributed by atoms with Crippen LogP contribution in [0.5, 0.6) is 0 Å². The Hall–Kier alpha value is -1.36. The Morgan fingerprint density at radius 2 is 2.40 bits per heavy atom. The summed E-state index contributed by atoms with van der Waals surface area (Å²) in [6.45, 7) is 5.75. The topological polar surface area (TPSA) is 42.7 Å². The average molecular weight is 222 g/mol. The van der Waals surface area contributed by atoms with E-state index < -0.39 is 0 Å². The van der Waals surface area contributed by atoms with Crippen LogP contribution in [-0.4, -0.2) is 14.8 Å². The first-order chi connectivity index (χ1) is 7.28. The molecule has 80 valence electrons. The molecule has 2 aromatic rings. The maximum atomic E-state index is 4.38. The molecule has 0 aliphatic heterocycles. The maximum absolute atomic E-state index is 4.38. The predicted octanol–water partition coefficient (Wildman–Crippen LogP) is 2.28. The molecule has 0 bridgehead atoms. The van der Waals surface area contributed by atoms with Crippen molar-refractivity contribution in [2.45, 2.75) is 26.9 Å². The van der Waals surface area contributed by atoms with Crippen molar-refractivity contribution >= 4 is 17.0 Å². The third-order valence-corrected chi connectivity index (χ3v) is 2.92. The van der Waals surface area contributed by atoms with Gasteiger partial charge in [0.15, 0.2) is 0 Å². The Labute approximate surface area is 93.0 Å². The van der Waals surface area contributed by atoms with Crippen LogP contribution < -0.4 is 5.32 Å². The standard InChI is InChI=1S/C10H14N4S/c1-3-14-6-9(5-12-14)11-4-10-7-15-8(2)13-10/h5-7,11H,3-4H2,1-2H3. The normalized spacial score (nSPS) is 10.5. The Bertz CT molecular complexity index is 432. The molecule has 2 rings (SSSR count). The molecule has 0 aliphatic carbocycles. The van der Waals surface area contributed by atoms with Crippen LogP contribution >= 0.6 is 11.3 Å². The van der Waals surface area contributed by atoms with Crippen LogP contribution in [-0.2, 0) is 13.1 Å². The SMILES string of the molecule is CCn1cc(NCc2csc(C)n2)cn1. The Balaban J connectivity index is 1.93. The molecular formula is C10H14N4S. The van der Waals surface area contributed by atoms with Crippen LogP contribution in [0.25, 0.3) is 0 Å². The molecule has 0 saturated carbocycles. The van der Waals surface area contributed by atoms with Crippen LogP contribution in [0.2, 0.25) is 0 Å². The molecule has 0 radical (unpaired) electrons. The summed E-state index contributed by atoms with van der Waals surface area (Å²) < 4.78 is 1.90. The second-order valence-corrected chi connectivity index (χ2v) is 4.36. The van der Waals surface area contributed by atoms with E-state index in [0.29, 0.717) is 0 Å². The fourth-order valence-corrected chi connectivity index (χ4v) is 1.92. The molecule has 0 aliphatic rings. The Morgan fingerprint density at radius 3 is 3.00 bits per heavy atom. The number of nitrogens with zero attached hydrogens (tertiary/aromatic N) is 3. The lowest BCUT2D eigenvalue weighted by atomic mass is 10.4. The highest BCUT2D eigenvalue weighted by Crippen LogP contribution is 2.11. The van der Waals surface area contributed by atoms with Crippen molar-refractivity contribution in [3.05, 3.63) is 28.5 Å².